The molecule has 6 heteroatoms. The van der Waals surface area contributed by atoms with Crippen molar-refractivity contribution in [2.75, 3.05) is 14.2 Å². The van der Waals surface area contributed by atoms with Crippen LogP contribution < -0.4 is 14.2 Å². The van der Waals surface area contributed by atoms with Gasteiger partial charge in [0.05, 0.1) is 31.4 Å². The van der Waals surface area contributed by atoms with E-state index in [1.165, 1.54) is 0 Å². The van der Waals surface area contributed by atoms with Crippen LogP contribution in [0.5, 0.6) is 17.2 Å². The van der Waals surface area contributed by atoms with Crippen molar-refractivity contribution < 1.29 is 23.8 Å². The molecule has 30 heavy (non-hydrogen) atoms. The number of hydrogen-bond donors (Lipinski definition) is 0. The Hall–Kier alpha value is -3.80. The number of benzene rings is 3. The lowest BCUT2D eigenvalue weighted by molar-refractivity contribution is -0.157. The quantitative estimate of drug-likeness (QED) is 0.488. The third kappa shape index (κ3) is 2.57. The summed E-state index contributed by atoms with van der Waals surface area (Å²) in [5.41, 5.74) is 1.65. The molecule has 2 atom stereocenters. The average Bonchev–Trinajstić information content (AvgIpc) is 3.33. The lowest BCUT2D eigenvalue weighted by Crippen LogP contribution is -2.41. The summed E-state index contributed by atoms with van der Waals surface area (Å²) in [6, 6.07) is 22.4. The molecule has 3 aromatic rings. The second-order valence-corrected chi connectivity index (χ2v) is 7.12. The third-order valence-electron chi connectivity index (χ3n) is 5.60. The molecule has 0 saturated heterocycles. The van der Waals surface area contributed by atoms with E-state index in [2.05, 4.69) is 5.16 Å². The lowest BCUT2D eigenvalue weighted by Gasteiger charge is -2.26. The van der Waals surface area contributed by atoms with Gasteiger partial charge in [-0.1, -0.05) is 35.5 Å². The zero-order valence-electron chi connectivity index (χ0n) is 16.5. The van der Waals surface area contributed by atoms with Gasteiger partial charge in [-0.2, -0.15) is 0 Å². The van der Waals surface area contributed by atoms with Gasteiger partial charge in [0.2, 0.25) is 0 Å². The number of ether oxygens (including phenoxy) is 3. The number of nitrogens with zero attached hydrogens (tertiary/aromatic N) is 1. The summed E-state index contributed by atoms with van der Waals surface area (Å²) >= 11 is 0. The molecule has 0 amide bonds. The van der Waals surface area contributed by atoms with Crippen molar-refractivity contribution in [3.05, 3.63) is 89.5 Å². The molecule has 0 unspecified atom stereocenters. The van der Waals surface area contributed by atoms with Crippen LogP contribution in [0.2, 0.25) is 0 Å². The van der Waals surface area contributed by atoms with Crippen molar-refractivity contribution in [3.8, 4) is 17.2 Å². The first kappa shape index (κ1) is 18.2. The fourth-order valence-corrected chi connectivity index (χ4v) is 4.10. The van der Waals surface area contributed by atoms with E-state index in [1.54, 1.807) is 20.3 Å². The molecule has 6 nitrogen and oxygen atoms in total. The summed E-state index contributed by atoms with van der Waals surface area (Å²) in [5, 5.41) is 4.39. The molecule has 0 bridgehead atoms. The molecule has 0 radical (unpaired) electrons. The highest BCUT2D eigenvalue weighted by Gasteiger charge is 2.63. The smallest absolute Gasteiger partial charge is 0.364 e. The zero-order valence-corrected chi connectivity index (χ0v) is 16.5. The normalized spacial score (nSPS) is 21.6. The van der Waals surface area contributed by atoms with Crippen LogP contribution >= 0.6 is 0 Å². The van der Waals surface area contributed by atoms with Crippen molar-refractivity contribution in [1.82, 2.24) is 0 Å². The van der Waals surface area contributed by atoms with Gasteiger partial charge in [0.1, 0.15) is 17.2 Å². The second-order valence-electron chi connectivity index (χ2n) is 7.12. The van der Waals surface area contributed by atoms with Gasteiger partial charge in [-0.25, -0.2) is 4.79 Å². The molecule has 2 aliphatic heterocycles. The Labute approximate surface area is 173 Å². The molecular weight excluding hydrogens is 382 g/mol. The predicted octanol–water partition coefficient (Wildman–Crippen LogP) is 4.04. The van der Waals surface area contributed by atoms with E-state index < -0.39 is 17.5 Å². The molecule has 0 N–H and O–H groups in total. The molecule has 0 fully saturated rings. The lowest BCUT2D eigenvalue weighted by atomic mass is 9.74. The summed E-state index contributed by atoms with van der Waals surface area (Å²) < 4.78 is 16.1. The maximum absolute atomic E-state index is 13.2. The van der Waals surface area contributed by atoms with Crippen molar-refractivity contribution in [1.29, 1.82) is 0 Å². The summed E-state index contributed by atoms with van der Waals surface area (Å²) in [4.78, 5) is 19.1. The molecule has 1 spiro atoms. The maximum Gasteiger partial charge on any atom is 0.364 e. The molecule has 5 rings (SSSR count). The summed E-state index contributed by atoms with van der Waals surface area (Å²) in [6.07, 6.45) is 0. The van der Waals surface area contributed by atoms with Gasteiger partial charge < -0.3 is 19.0 Å². The van der Waals surface area contributed by atoms with Gasteiger partial charge in [-0.05, 0) is 48.0 Å². The number of para-hydroxylation sites is 1. The minimum absolute atomic E-state index is 0.475. The Bertz CT molecular complexity index is 1140. The van der Waals surface area contributed by atoms with E-state index in [0.29, 0.717) is 17.0 Å². The first-order valence-electron chi connectivity index (χ1n) is 9.53. The fourth-order valence-electron chi connectivity index (χ4n) is 4.10. The predicted molar refractivity (Wildman–Crippen MR) is 110 cm³/mol. The van der Waals surface area contributed by atoms with Crippen molar-refractivity contribution >= 4 is 11.7 Å². The van der Waals surface area contributed by atoms with Gasteiger partial charge in [0.15, 0.2) is 0 Å². The van der Waals surface area contributed by atoms with E-state index in [-0.39, 0.29) is 0 Å². The highest BCUT2D eigenvalue weighted by Crippen LogP contribution is 2.53. The van der Waals surface area contributed by atoms with Crippen molar-refractivity contribution in [3.63, 3.8) is 0 Å². The minimum atomic E-state index is -1.37. The number of hydrogen-bond acceptors (Lipinski definition) is 6. The number of esters is 1. The van der Waals surface area contributed by atoms with E-state index in [0.717, 1.165) is 22.6 Å². The minimum Gasteiger partial charge on any atom is -0.497 e. The zero-order chi connectivity index (χ0) is 20.7. The summed E-state index contributed by atoms with van der Waals surface area (Å²) in [7, 11) is 3.23. The number of carbonyl (C=O) groups is 1. The van der Waals surface area contributed by atoms with Gasteiger partial charge in [-0.15, -0.1) is 0 Å². The number of methoxy groups -OCH3 is 2. The van der Waals surface area contributed by atoms with Crippen LogP contribution in [0.15, 0.2) is 78.0 Å². The van der Waals surface area contributed by atoms with Crippen LogP contribution in [0.25, 0.3) is 0 Å². The van der Waals surface area contributed by atoms with Gasteiger partial charge >= 0.3 is 5.97 Å². The average molecular weight is 401 g/mol. The monoisotopic (exact) mass is 401 g/mol. The van der Waals surface area contributed by atoms with E-state index in [1.807, 2.05) is 66.7 Å². The van der Waals surface area contributed by atoms with Gasteiger partial charge in [0.25, 0.3) is 5.60 Å². The molecule has 0 aliphatic carbocycles. The number of rotatable bonds is 4. The van der Waals surface area contributed by atoms with Crippen LogP contribution in [0.3, 0.4) is 0 Å². The number of carbonyl (C=O) groups excluding carboxylic acids is 1. The van der Waals surface area contributed by atoms with E-state index in [4.69, 9.17) is 19.0 Å². The first-order chi connectivity index (χ1) is 14.7. The Morgan fingerprint density at radius 2 is 1.50 bits per heavy atom. The van der Waals surface area contributed by atoms with Crippen molar-refractivity contribution in [2.24, 2.45) is 5.16 Å². The molecule has 150 valence electrons. The molecule has 0 aromatic heterocycles. The SMILES string of the molecule is COc1ccc(C2=NO[C@@]3(C(=O)Oc4ccccc43)[C@H]2c2ccc(OC)cc2)cc1. The van der Waals surface area contributed by atoms with Gasteiger partial charge in [-0.3, -0.25) is 0 Å². The van der Waals surface area contributed by atoms with Crippen LogP contribution in [0, 0.1) is 0 Å². The third-order valence-corrected chi connectivity index (χ3v) is 5.60. The fraction of sp³-hybridized carbons (Fsp3) is 0.167. The Morgan fingerprint density at radius 3 is 2.17 bits per heavy atom. The largest absolute Gasteiger partial charge is 0.497 e. The molecule has 0 saturated carbocycles. The second kappa shape index (κ2) is 6.91. The molecular formula is C24H19NO5. The standard InChI is InChI=1S/C24H19NO5/c1-27-17-11-7-15(8-12-17)21-22(16-9-13-18(28-2)14-10-16)25-30-24(21)19-5-3-4-6-20(19)29-23(24)26/h3-14,21H,1-2H3/t21-,24+/m0/s1. The van der Waals surface area contributed by atoms with Crippen LogP contribution in [0.1, 0.15) is 22.6 Å². The highest BCUT2D eigenvalue weighted by atomic mass is 16.7. The molecule has 2 aliphatic rings. The number of fused-ring (bicyclic) bond motifs is 2. The van der Waals surface area contributed by atoms with Crippen LogP contribution in [-0.2, 0) is 15.2 Å². The van der Waals surface area contributed by atoms with E-state index >= 15 is 0 Å². The Kier molecular flexibility index (Phi) is 4.20. The van der Waals surface area contributed by atoms with Crippen molar-refractivity contribution in [2.45, 2.75) is 11.5 Å². The molecule has 2 heterocycles. The summed E-state index contributed by atoms with van der Waals surface area (Å²) in [5.74, 6) is 0.987. The van der Waals surface area contributed by atoms with Crippen LogP contribution in [0.4, 0.5) is 0 Å². The van der Waals surface area contributed by atoms with Gasteiger partial charge in [0, 0.05) is 5.56 Å². The topological polar surface area (TPSA) is 66.4 Å². The Morgan fingerprint density at radius 1 is 0.867 bits per heavy atom. The van der Waals surface area contributed by atoms with Crippen LogP contribution in [-0.4, -0.2) is 25.9 Å². The summed E-state index contributed by atoms with van der Waals surface area (Å²) in [6.45, 7) is 0. The first-order valence-corrected chi connectivity index (χ1v) is 9.53. The Balaban J connectivity index is 1.68. The highest BCUT2D eigenvalue weighted by molar-refractivity contribution is 6.11. The maximum atomic E-state index is 13.2. The molecule has 3 aromatic carbocycles. The number of oxime groups is 1. The van der Waals surface area contributed by atoms with E-state index in [9.17, 15) is 4.79 Å².